The second kappa shape index (κ2) is 3.56. The van der Waals surface area contributed by atoms with Gasteiger partial charge in [-0.25, -0.2) is 4.74 Å². The lowest BCUT2D eigenvalue weighted by molar-refractivity contribution is -0.530. The number of hydrogen-bond donors (Lipinski definition) is 0. The fourth-order valence-corrected chi connectivity index (χ4v) is 0.779. The minimum absolute atomic E-state index is 0.386. The van der Waals surface area contributed by atoms with Crippen LogP contribution in [0.15, 0.2) is 24.5 Å². The maximum Gasteiger partial charge on any atom is 0.182 e. The molecule has 0 unspecified atom stereocenters. The summed E-state index contributed by atoms with van der Waals surface area (Å²) in [4.78, 5) is 3.87. The number of hydrogen-bond acceptors (Lipinski definition) is 2. The Morgan fingerprint density at radius 2 is 1.85 bits per heavy atom. The standard InChI is InChI=1S/C10H14N2O/c1-10(2,3)12(13)8-9-4-6-11-7-5-9/h4-8H,1-3H3/b12-8-. The number of rotatable bonds is 1. The monoisotopic (exact) mass is 178 g/mol. The number of nitrogens with zero attached hydrogens (tertiary/aromatic N) is 2. The molecule has 0 saturated heterocycles. The SMILES string of the molecule is CC(C)(C)/[N+]([O-])=C/c1ccncc1. The Kier molecular flexibility index (Phi) is 2.66. The van der Waals surface area contributed by atoms with Crippen molar-refractivity contribution in [3.63, 3.8) is 0 Å². The van der Waals surface area contributed by atoms with Crippen LogP contribution in [0.25, 0.3) is 0 Å². The van der Waals surface area contributed by atoms with Crippen LogP contribution in [0, 0.1) is 5.21 Å². The van der Waals surface area contributed by atoms with Crippen molar-refractivity contribution >= 4 is 6.21 Å². The molecule has 0 aliphatic rings. The fourth-order valence-electron chi connectivity index (χ4n) is 0.779. The van der Waals surface area contributed by atoms with Gasteiger partial charge in [0.1, 0.15) is 0 Å². The Morgan fingerprint density at radius 1 is 1.31 bits per heavy atom. The van der Waals surface area contributed by atoms with Crippen molar-refractivity contribution in [2.24, 2.45) is 0 Å². The molecule has 0 saturated carbocycles. The van der Waals surface area contributed by atoms with Crippen LogP contribution in [0.2, 0.25) is 0 Å². The lowest BCUT2D eigenvalue weighted by Gasteiger charge is -2.18. The summed E-state index contributed by atoms with van der Waals surface area (Å²) in [5.41, 5.74) is 0.489. The average Bonchev–Trinajstić information content (AvgIpc) is 2.04. The van der Waals surface area contributed by atoms with Gasteiger partial charge in [-0.05, 0) is 12.1 Å². The lowest BCUT2D eigenvalue weighted by Crippen LogP contribution is -2.29. The largest absolute Gasteiger partial charge is 0.623 e. The molecule has 0 aliphatic carbocycles. The van der Waals surface area contributed by atoms with Crippen LogP contribution in [0.4, 0.5) is 0 Å². The van der Waals surface area contributed by atoms with E-state index in [2.05, 4.69) is 4.98 Å². The molecule has 0 radical (unpaired) electrons. The molecule has 0 bridgehead atoms. The van der Waals surface area contributed by atoms with Crippen molar-refractivity contribution in [1.29, 1.82) is 0 Å². The zero-order valence-electron chi connectivity index (χ0n) is 8.19. The number of hydroxylamine groups is 1. The maximum atomic E-state index is 11.5. The van der Waals surface area contributed by atoms with E-state index in [0.717, 1.165) is 10.3 Å². The van der Waals surface area contributed by atoms with Gasteiger partial charge in [0.15, 0.2) is 11.8 Å². The van der Waals surface area contributed by atoms with Crippen LogP contribution in [0.1, 0.15) is 26.3 Å². The van der Waals surface area contributed by atoms with Crippen molar-refractivity contribution in [2.75, 3.05) is 0 Å². The van der Waals surface area contributed by atoms with Crippen molar-refractivity contribution < 1.29 is 4.74 Å². The van der Waals surface area contributed by atoms with Crippen molar-refractivity contribution in [3.8, 4) is 0 Å². The van der Waals surface area contributed by atoms with E-state index in [0.29, 0.717) is 0 Å². The summed E-state index contributed by atoms with van der Waals surface area (Å²) in [7, 11) is 0. The molecule has 0 fully saturated rings. The molecule has 1 aromatic rings. The Labute approximate surface area is 78.3 Å². The Morgan fingerprint density at radius 3 is 2.31 bits per heavy atom. The first-order chi connectivity index (χ1) is 6.00. The summed E-state index contributed by atoms with van der Waals surface area (Å²) in [6, 6.07) is 3.60. The van der Waals surface area contributed by atoms with E-state index in [-0.39, 0.29) is 5.54 Å². The van der Waals surface area contributed by atoms with E-state index in [1.807, 2.05) is 20.8 Å². The summed E-state index contributed by atoms with van der Waals surface area (Å²) in [6.07, 6.45) is 4.91. The smallest absolute Gasteiger partial charge is 0.182 e. The molecule has 3 heteroatoms. The highest BCUT2D eigenvalue weighted by Crippen LogP contribution is 2.05. The minimum atomic E-state index is -0.386. The van der Waals surface area contributed by atoms with Crippen LogP contribution in [0.3, 0.4) is 0 Å². The normalized spacial score (nSPS) is 13.0. The van der Waals surface area contributed by atoms with E-state index >= 15 is 0 Å². The number of pyridine rings is 1. The molecule has 0 atom stereocenters. The van der Waals surface area contributed by atoms with Gasteiger partial charge >= 0.3 is 0 Å². The Balaban J connectivity index is 2.90. The van der Waals surface area contributed by atoms with Gasteiger partial charge in [-0.3, -0.25) is 4.98 Å². The van der Waals surface area contributed by atoms with Gasteiger partial charge in [0.25, 0.3) is 0 Å². The van der Waals surface area contributed by atoms with E-state index in [1.165, 1.54) is 0 Å². The minimum Gasteiger partial charge on any atom is -0.623 e. The van der Waals surface area contributed by atoms with Gasteiger partial charge in [-0.2, -0.15) is 0 Å². The first kappa shape index (κ1) is 9.71. The molecule has 0 amide bonds. The zero-order valence-corrected chi connectivity index (χ0v) is 8.19. The first-order valence-corrected chi connectivity index (χ1v) is 4.21. The molecule has 3 nitrogen and oxygen atoms in total. The predicted molar refractivity (Wildman–Crippen MR) is 52.8 cm³/mol. The Hall–Kier alpha value is -1.38. The highest BCUT2D eigenvalue weighted by atomic mass is 16.5. The first-order valence-electron chi connectivity index (χ1n) is 4.21. The zero-order chi connectivity index (χ0) is 9.90. The molecular weight excluding hydrogens is 164 g/mol. The molecule has 1 heterocycles. The van der Waals surface area contributed by atoms with Gasteiger partial charge in [0, 0.05) is 38.7 Å². The highest BCUT2D eigenvalue weighted by molar-refractivity contribution is 5.75. The molecule has 1 aromatic heterocycles. The van der Waals surface area contributed by atoms with Crippen LogP contribution in [-0.4, -0.2) is 21.5 Å². The van der Waals surface area contributed by atoms with Crippen LogP contribution < -0.4 is 0 Å². The summed E-state index contributed by atoms with van der Waals surface area (Å²) in [6.45, 7) is 5.62. The number of aromatic nitrogens is 1. The summed E-state index contributed by atoms with van der Waals surface area (Å²) < 4.78 is 0.947. The average molecular weight is 178 g/mol. The third-order valence-electron chi connectivity index (χ3n) is 1.63. The summed E-state index contributed by atoms with van der Waals surface area (Å²) in [5.74, 6) is 0. The topological polar surface area (TPSA) is 39.0 Å². The van der Waals surface area contributed by atoms with E-state index in [1.54, 1.807) is 30.7 Å². The molecule has 13 heavy (non-hydrogen) atoms. The van der Waals surface area contributed by atoms with E-state index in [9.17, 15) is 5.21 Å². The van der Waals surface area contributed by atoms with Crippen LogP contribution >= 0.6 is 0 Å². The molecule has 0 N–H and O–H groups in total. The van der Waals surface area contributed by atoms with Crippen LogP contribution in [0.5, 0.6) is 0 Å². The van der Waals surface area contributed by atoms with E-state index < -0.39 is 0 Å². The molecule has 1 rings (SSSR count). The van der Waals surface area contributed by atoms with Gasteiger partial charge in [-0.15, -0.1) is 0 Å². The predicted octanol–water partition coefficient (Wildman–Crippen LogP) is 1.81. The van der Waals surface area contributed by atoms with Gasteiger partial charge in [0.05, 0.1) is 0 Å². The fraction of sp³-hybridized carbons (Fsp3) is 0.400. The van der Waals surface area contributed by atoms with Crippen molar-refractivity contribution in [2.45, 2.75) is 26.3 Å². The van der Waals surface area contributed by atoms with Crippen LogP contribution in [-0.2, 0) is 0 Å². The van der Waals surface area contributed by atoms with E-state index in [4.69, 9.17) is 0 Å². The third-order valence-corrected chi connectivity index (χ3v) is 1.63. The van der Waals surface area contributed by atoms with Gasteiger partial charge in [0.2, 0.25) is 0 Å². The second-order valence-electron chi connectivity index (χ2n) is 3.91. The molecule has 70 valence electrons. The Bertz CT molecular complexity index is 298. The van der Waals surface area contributed by atoms with Gasteiger partial charge < -0.3 is 5.21 Å². The van der Waals surface area contributed by atoms with Crippen molar-refractivity contribution in [3.05, 3.63) is 35.3 Å². The quantitative estimate of drug-likeness (QED) is 0.285. The highest BCUT2D eigenvalue weighted by Gasteiger charge is 2.17. The van der Waals surface area contributed by atoms with Gasteiger partial charge in [-0.1, -0.05) is 0 Å². The van der Waals surface area contributed by atoms with Crippen molar-refractivity contribution in [1.82, 2.24) is 4.98 Å². The summed E-state index contributed by atoms with van der Waals surface area (Å²) in [5, 5.41) is 11.5. The molecule has 0 spiro atoms. The summed E-state index contributed by atoms with van der Waals surface area (Å²) >= 11 is 0. The lowest BCUT2D eigenvalue weighted by atomic mass is 10.1. The maximum absolute atomic E-state index is 11.5. The third kappa shape index (κ3) is 2.86. The second-order valence-corrected chi connectivity index (χ2v) is 3.91. The molecule has 0 aromatic carbocycles. The molecular formula is C10H14N2O. The molecule has 0 aliphatic heterocycles.